The van der Waals surface area contributed by atoms with Gasteiger partial charge in [-0.1, -0.05) is 0 Å². The topological polar surface area (TPSA) is 369 Å². The van der Waals surface area contributed by atoms with Crippen molar-refractivity contribution in [2.45, 2.75) is 77.0 Å². The number of hydrogen-bond acceptors (Lipinski definition) is 11. The summed E-state index contributed by atoms with van der Waals surface area (Å²) < 4.78 is 0. The summed E-state index contributed by atoms with van der Waals surface area (Å²) in [6, 6.07) is 4.00. The first-order valence-electron chi connectivity index (χ1n) is 18.2. The van der Waals surface area contributed by atoms with E-state index in [2.05, 4.69) is 24.9 Å². The van der Waals surface area contributed by atoms with Crippen LogP contribution in [-0.4, -0.2) is 114 Å². The molecule has 8 bridgehead atoms. The second-order valence-electron chi connectivity index (χ2n) is 13.8. The molecule has 0 atom stereocenters. The Morgan fingerprint density at radius 2 is 0.717 bits per heavy atom. The molecule has 0 amide bonds. The van der Waals surface area contributed by atoms with Crippen molar-refractivity contribution in [1.82, 2.24) is 24.9 Å². The number of nitrogens with zero attached hydrogens (tertiary/aromatic N) is 3. The van der Waals surface area contributed by atoms with E-state index in [1.54, 1.807) is 0 Å². The summed E-state index contributed by atoms with van der Waals surface area (Å²) >= 11 is 0. The number of aryl methyl sites for hydroxylation is 2. The minimum atomic E-state index is -1.39. The summed E-state index contributed by atoms with van der Waals surface area (Å²) in [5.74, 6) is -11.1. The molecule has 0 radical (unpaired) electrons. The quantitative estimate of drug-likeness (QED) is 0.0778. The number of hydrogen-bond donors (Lipinski definition) is 10. The van der Waals surface area contributed by atoms with Crippen LogP contribution >= 0.6 is 0 Å². The molecule has 5 rings (SSSR count). The number of rotatable bonds is 20. The lowest BCUT2D eigenvalue weighted by atomic mass is 9.97. The van der Waals surface area contributed by atoms with Gasteiger partial charge in [-0.15, -0.1) is 0 Å². The van der Waals surface area contributed by atoms with E-state index in [1.807, 2.05) is 0 Å². The van der Waals surface area contributed by atoms with E-state index in [9.17, 15) is 79.2 Å². The first-order valence-corrected chi connectivity index (χ1v) is 18.2. The van der Waals surface area contributed by atoms with E-state index < -0.39 is 99.1 Å². The maximum atomic E-state index is 12.3. The van der Waals surface area contributed by atoms with Gasteiger partial charge in [0.1, 0.15) is 0 Å². The fourth-order valence-corrected chi connectivity index (χ4v) is 7.19. The molecule has 2 aliphatic rings. The molecule has 21 heteroatoms. The molecule has 60 heavy (non-hydrogen) atoms. The minimum absolute atomic E-state index is 0.0156. The average Bonchev–Trinajstić information content (AvgIpc) is 3.81. The van der Waals surface area contributed by atoms with Crippen LogP contribution in [0.2, 0.25) is 0 Å². The van der Waals surface area contributed by atoms with Crippen LogP contribution in [-0.2, 0) is 64.0 Å². The number of nitrogens with one attached hydrogen (secondary N) is 2. The molecule has 0 aliphatic carbocycles. The zero-order valence-corrected chi connectivity index (χ0v) is 31.4. The van der Waals surface area contributed by atoms with Crippen LogP contribution in [0, 0.1) is 0 Å². The molecule has 0 fully saturated rings. The number of fused-ring (bicyclic) bond motifs is 8. The van der Waals surface area contributed by atoms with Crippen molar-refractivity contribution < 1.29 is 79.2 Å². The molecule has 21 nitrogen and oxygen atoms in total. The largest absolute Gasteiger partial charge is 0.481 e. The molecule has 0 spiro atoms. The molecule has 0 saturated heterocycles. The zero-order valence-electron chi connectivity index (χ0n) is 31.4. The standard InChI is InChI=1S/C39H37N5O16/c45-30(46)5-1-16-20(9-34(53)54)27-14-26-18(3-7-32(49)50)23(12-37(59)60)39(42-26)44-38-19(4-8-33(51)52)22(11-36(57)58)29(43-38)15-28-21(10-35(55)56)17(2-6-31(47)48)25(41-28)13-24(16)40-27/h13-15,40-41H,1-12H2,(H,45,46)(H,47,48)(H,49,50)(H,51,52)(H,53,54)(H,55,56)(H,57,58)(H,59,60). The van der Waals surface area contributed by atoms with Gasteiger partial charge in [0.25, 0.3) is 0 Å². The smallest absolute Gasteiger partial charge is 0.307 e. The van der Waals surface area contributed by atoms with E-state index in [1.165, 1.54) is 18.2 Å². The van der Waals surface area contributed by atoms with Crippen LogP contribution in [0.5, 0.6) is 0 Å². The van der Waals surface area contributed by atoms with Crippen LogP contribution in [0.15, 0.2) is 18.2 Å². The maximum Gasteiger partial charge on any atom is 0.307 e. The van der Waals surface area contributed by atoms with Gasteiger partial charge in [0.2, 0.25) is 0 Å². The van der Waals surface area contributed by atoms with Gasteiger partial charge in [-0.2, -0.15) is 0 Å². The fourth-order valence-electron chi connectivity index (χ4n) is 7.19. The Morgan fingerprint density at radius 1 is 0.367 bits per heavy atom. The van der Waals surface area contributed by atoms with Crippen LogP contribution in [0.3, 0.4) is 0 Å². The van der Waals surface area contributed by atoms with Crippen LogP contribution in [0.1, 0.15) is 96.7 Å². The molecule has 0 saturated carbocycles. The first kappa shape index (κ1) is 43.4. The number of aliphatic carboxylic acids is 8. The summed E-state index contributed by atoms with van der Waals surface area (Å²) in [4.78, 5) is 116. The zero-order chi connectivity index (χ0) is 44.0. The number of carboxylic acids is 8. The SMILES string of the molecule is O=C(O)CCC1=C(CC(=O)O)c2nc1cc1[nH]c(cc3[nH]c(cc4nc(n2)C(CCC(=O)O)=C4CC(=O)O)c(CC(=O)O)c3CCC(=O)O)c(CCC(=O)O)c1CC(=O)O. The van der Waals surface area contributed by atoms with Gasteiger partial charge in [0.15, 0.2) is 11.6 Å². The van der Waals surface area contributed by atoms with Gasteiger partial charge in [-0.25, -0.2) is 15.0 Å². The minimum Gasteiger partial charge on any atom is -0.481 e. The molecule has 10 N–H and O–H groups in total. The van der Waals surface area contributed by atoms with E-state index in [4.69, 9.17) is 0 Å². The second kappa shape index (κ2) is 18.3. The molecule has 3 aromatic heterocycles. The summed E-state index contributed by atoms with van der Waals surface area (Å²) in [5, 5.41) is 78.5. The van der Waals surface area contributed by atoms with Crippen LogP contribution < -0.4 is 0 Å². The monoisotopic (exact) mass is 831 g/mol. The number of carboxylic acid groups (broad SMARTS) is 8. The highest BCUT2D eigenvalue weighted by molar-refractivity contribution is 6.01. The van der Waals surface area contributed by atoms with Crippen molar-refractivity contribution in [3.8, 4) is 0 Å². The van der Waals surface area contributed by atoms with Gasteiger partial charge in [-0.05, 0) is 77.3 Å². The average molecular weight is 832 g/mol. The molecule has 2 aliphatic heterocycles. The highest BCUT2D eigenvalue weighted by atomic mass is 16.4. The van der Waals surface area contributed by atoms with Crippen LogP contribution in [0.25, 0.3) is 44.4 Å². The molecule has 0 unspecified atom stereocenters. The number of aromatic amines is 2. The molecule has 314 valence electrons. The third-order valence-electron chi connectivity index (χ3n) is 9.64. The van der Waals surface area contributed by atoms with Crippen LogP contribution in [0.4, 0.5) is 0 Å². The number of allylic oxidation sites excluding steroid dienone is 2. The Morgan fingerprint density at radius 3 is 1.13 bits per heavy atom. The summed E-state index contributed by atoms with van der Waals surface area (Å²) in [7, 11) is 0. The van der Waals surface area contributed by atoms with Crippen molar-refractivity contribution in [2.75, 3.05) is 0 Å². The fraction of sp³-hybridized carbons (Fsp3) is 0.308. The summed E-state index contributed by atoms with van der Waals surface area (Å²) in [5.41, 5.74) is 0.556. The third kappa shape index (κ3) is 10.4. The van der Waals surface area contributed by atoms with E-state index in [-0.39, 0.29) is 115 Å². The summed E-state index contributed by atoms with van der Waals surface area (Å²) in [6.07, 6.45) is -6.08. The predicted molar refractivity (Wildman–Crippen MR) is 205 cm³/mol. The first-order chi connectivity index (χ1) is 28.3. The third-order valence-corrected chi connectivity index (χ3v) is 9.64. The second-order valence-corrected chi connectivity index (χ2v) is 13.8. The molecule has 3 aromatic rings. The van der Waals surface area contributed by atoms with Crippen molar-refractivity contribution >= 4 is 92.1 Å². The highest BCUT2D eigenvalue weighted by Gasteiger charge is 2.29. The normalized spacial score (nSPS) is 12.4. The Balaban J connectivity index is 2.09. The highest BCUT2D eigenvalue weighted by Crippen LogP contribution is 2.39. The Labute approximate surface area is 336 Å². The number of H-pyrrole nitrogens is 2. The lowest BCUT2D eigenvalue weighted by Crippen LogP contribution is -2.04. The van der Waals surface area contributed by atoms with Crippen molar-refractivity contribution in [2.24, 2.45) is 0 Å². The van der Waals surface area contributed by atoms with Gasteiger partial charge < -0.3 is 50.8 Å². The van der Waals surface area contributed by atoms with E-state index >= 15 is 0 Å². The molecule has 0 aromatic carbocycles. The molecular formula is C39H37N5O16. The number of carbonyl (C=O) groups is 8. The van der Waals surface area contributed by atoms with E-state index in [0.29, 0.717) is 0 Å². The van der Waals surface area contributed by atoms with E-state index in [0.717, 1.165) is 0 Å². The Hall–Kier alpha value is -7.71. The Kier molecular flexibility index (Phi) is 13.2. The van der Waals surface area contributed by atoms with Gasteiger partial charge in [-0.3, -0.25) is 38.4 Å². The Bertz CT molecular complexity index is 2600. The lowest BCUT2D eigenvalue weighted by molar-refractivity contribution is -0.138. The van der Waals surface area contributed by atoms with Gasteiger partial charge in [0, 0.05) is 58.9 Å². The maximum absolute atomic E-state index is 12.3. The van der Waals surface area contributed by atoms with Crippen molar-refractivity contribution in [3.05, 3.63) is 63.5 Å². The van der Waals surface area contributed by atoms with Gasteiger partial charge >= 0.3 is 47.8 Å². The number of aromatic nitrogens is 5. The molecular weight excluding hydrogens is 794 g/mol. The van der Waals surface area contributed by atoms with Crippen molar-refractivity contribution in [1.29, 1.82) is 0 Å². The summed E-state index contributed by atoms with van der Waals surface area (Å²) in [6.45, 7) is 0. The predicted octanol–water partition coefficient (Wildman–Crippen LogP) is 3.50. The van der Waals surface area contributed by atoms with Crippen molar-refractivity contribution in [3.63, 3.8) is 0 Å². The van der Waals surface area contributed by atoms with Gasteiger partial charge in [0.05, 0.1) is 37.1 Å². The molecule has 5 heterocycles. The lowest BCUT2D eigenvalue weighted by Gasteiger charge is -2.06.